The van der Waals surface area contributed by atoms with Gasteiger partial charge in [-0.05, 0) is 68.4 Å². The fraction of sp³-hybridized carbons (Fsp3) is 0.240. The molecule has 9 nitrogen and oxygen atoms in total. The Morgan fingerprint density at radius 3 is 2.47 bits per heavy atom. The molecule has 0 spiro atoms. The largest absolute Gasteiger partial charge is 0.356 e. The molecule has 4 heterocycles. The maximum atomic E-state index is 12.6. The molecule has 0 bridgehead atoms. The Balaban J connectivity index is 0.00000190. The first-order chi connectivity index (χ1) is 16.9. The van der Waals surface area contributed by atoms with Crippen molar-refractivity contribution in [3.63, 3.8) is 0 Å². The Morgan fingerprint density at radius 2 is 1.83 bits per heavy atom. The van der Waals surface area contributed by atoms with Crippen molar-refractivity contribution < 1.29 is 9.07 Å². The number of carbonyl (C=O) groups excluding carboxylic acids is 1. The average molecular weight is 529 g/mol. The van der Waals surface area contributed by atoms with Gasteiger partial charge >= 0.3 is 0 Å². The van der Waals surface area contributed by atoms with E-state index in [2.05, 4.69) is 35.7 Å². The summed E-state index contributed by atoms with van der Waals surface area (Å²) in [5.41, 5.74) is 2.79. The van der Waals surface area contributed by atoms with Crippen molar-refractivity contribution in [2.24, 2.45) is 0 Å². The summed E-state index contributed by atoms with van der Waals surface area (Å²) in [6.45, 7) is 5.71. The highest BCUT2D eigenvalue weighted by Crippen LogP contribution is 2.31. The van der Waals surface area contributed by atoms with Gasteiger partial charge in [0.25, 0.3) is 5.91 Å². The van der Waals surface area contributed by atoms with Gasteiger partial charge in [-0.2, -0.15) is 5.10 Å². The maximum absolute atomic E-state index is 12.6. The number of pyridine rings is 1. The van der Waals surface area contributed by atoms with Gasteiger partial charge in [0.05, 0.1) is 0 Å². The van der Waals surface area contributed by atoms with Crippen LogP contribution in [0.1, 0.15) is 39.9 Å². The molecular formula is C25H33ClN8OS. The third-order valence-electron chi connectivity index (χ3n) is 5.34. The van der Waals surface area contributed by atoms with Crippen molar-refractivity contribution in [3.05, 3.63) is 70.6 Å². The fourth-order valence-electron chi connectivity index (χ4n) is 3.52. The minimum Gasteiger partial charge on any atom is -0.356 e. The van der Waals surface area contributed by atoms with Crippen molar-refractivity contribution in [1.82, 2.24) is 25.1 Å². The van der Waals surface area contributed by atoms with Gasteiger partial charge in [0.15, 0.2) is 11.0 Å². The lowest BCUT2D eigenvalue weighted by Gasteiger charge is -2.32. The Labute approximate surface area is 223 Å². The van der Waals surface area contributed by atoms with Gasteiger partial charge in [0, 0.05) is 57.0 Å². The van der Waals surface area contributed by atoms with Gasteiger partial charge in [-0.25, -0.2) is 15.0 Å². The molecule has 0 saturated carbocycles. The Bertz CT molecular complexity index is 1370. The fourth-order valence-corrected chi connectivity index (χ4v) is 4.53. The molecule has 4 aromatic rings. The molecule has 11 heteroatoms. The number of aromatic nitrogens is 5. The number of carbonyl (C=O) groups is 1. The molecule has 0 unspecified atom stereocenters. The molecular weight excluding hydrogens is 496 g/mol. The van der Waals surface area contributed by atoms with Crippen molar-refractivity contribution >= 4 is 52.4 Å². The van der Waals surface area contributed by atoms with Crippen LogP contribution in [0.2, 0.25) is 5.15 Å². The van der Waals surface area contributed by atoms with E-state index in [-0.39, 0.29) is 17.6 Å². The van der Waals surface area contributed by atoms with Crippen molar-refractivity contribution in [3.8, 4) is 0 Å². The molecule has 1 amide bonds. The predicted octanol–water partition coefficient (Wildman–Crippen LogP) is 6.60. The van der Waals surface area contributed by atoms with Crippen LogP contribution < -0.4 is 15.5 Å². The van der Waals surface area contributed by atoms with Crippen LogP contribution in [0.25, 0.3) is 0 Å². The van der Waals surface area contributed by atoms with Crippen LogP contribution in [-0.2, 0) is 0 Å². The van der Waals surface area contributed by atoms with Gasteiger partial charge in [0.1, 0.15) is 16.8 Å². The van der Waals surface area contributed by atoms with E-state index in [1.807, 2.05) is 43.3 Å². The zero-order chi connectivity index (χ0) is 24.4. The summed E-state index contributed by atoms with van der Waals surface area (Å²) < 4.78 is 0. The van der Waals surface area contributed by atoms with Crippen LogP contribution >= 0.6 is 23.4 Å². The van der Waals surface area contributed by atoms with Gasteiger partial charge < -0.3 is 15.5 Å². The number of rotatable bonds is 7. The molecule has 0 atom stereocenters. The number of halogens is 1. The lowest BCUT2D eigenvalue weighted by molar-refractivity contribution is 0.102. The molecule has 3 aromatic heterocycles. The number of amides is 1. The number of aromatic amines is 1. The lowest BCUT2D eigenvalue weighted by Crippen LogP contribution is -2.37. The van der Waals surface area contributed by atoms with Gasteiger partial charge in [-0.1, -0.05) is 19.0 Å². The summed E-state index contributed by atoms with van der Waals surface area (Å²) in [6.07, 6.45) is 1.16. The van der Waals surface area contributed by atoms with Crippen LogP contribution in [-0.4, -0.2) is 44.1 Å². The Hall–Kier alpha value is -3.63. The molecule has 0 radical (unpaired) electrons. The van der Waals surface area contributed by atoms with E-state index < -0.39 is 0 Å². The molecule has 1 aliphatic rings. The normalized spacial score (nSPS) is 12.5. The summed E-state index contributed by atoms with van der Waals surface area (Å²) in [6, 6.07) is 14.7. The number of nitrogens with zero attached hydrogens (tertiary/aromatic N) is 5. The zero-order valence-electron chi connectivity index (χ0n) is 19.2. The average Bonchev–Trinajstić information content (AvgIpc) is 3.17. The smallest absolute Gasteiger partial charge is 0.255 e. The van der Waals surface area contributed by atoms with E-state index in [4.69, 9.17) is 16.6 Å². The molecule has 1 aromatic carbocycles. The number of hydrogen-bond acceptors (Lipinski definition) is 8. The third kappa shape index (κ3) is 6.13. The predicted molar refractivity (Wildman–Crippen MR) is 151 cm³/mol. The van der Waals surface area contributed by atoms with Crippen LogP contribution in [0, 0.1) is 13.8 Å². The maximum Gasteiger partial charge on any atom is 0.255 e. The van der Waals surface area contributed by atoms with Gasteiger partial charge in [-0.3, -0.25) is 9.89 Å². The lowest BCUT2D eigenvalue weighted by atomic mass is 10.2. The Kier molecular flexibility index (Phi) is 7.76. The molecule has 1 fully saturated rings. The number of nitrogens with one attached hydrogen (secondary N) is 3. The molecule has 192 valence electrons. The van der Waals surface area contributed by atoms with Crippen LogP contribution in [0.4, 0.5) is 23.1 Å². The van der Waals surface area contributed by atoms with E-state index in [0.29, 0.717) is 38.9 Å². The minimum atomic E-state index is -0.243. The molecule has 5 rings (SSSR count). The summed E-state index contributed by atoms with van der Waals surface area (Å²) in [4.78, 5) is 29.3. The second-order valence-corrected chi connectivity index (χ2v) is 9.62. The van der Waals surface area contributed by atoms with E-state index >= 15 is 0 Å². The molecule has 3 N–H and O–H groups in total. The van der Waals surface area contributed by atoms with E-state index in [1.165, 1.54) is 11.8 Å². The van der Waals surface area contributed by atoms with Crippen LogP contribution in [0.3, 0.4) is 0 Å². The van der Waals surface area contributed by atoms with Crippen molar-refractivity contribution in [2.75, 3.05) is 28.6 Å². The highest BCUT2D eigenvalue weighted by Gasteiger charge is 2.18. The first-order valence-electron chi connectivity index (χ1n) is 11.1. The van der Waals surface area contributed by atoms with Crippen LogP contribution in [0.5, 0.6) is 0 Å². The van der Waals surface area contributed by atoms with Crippen molar-refractivity contribution in [1.29, 1.82) is 0 Å². The van der Waals surface area contributed by atoms with E-state index in [1.54, 1.807) is 19.1 Å². The first-order valence-corrected chi connectivity index (χ1v) is 12.3. The number of H-pyrrole nitrogens is 1. The second-order valence-electron chi connectivity index (χ2n) is 8.20. The third-order valence-corrected chi connectivity index (χ3v) is 6.41. The standard InChI is InChI=1S/C24H23ClN8OS.CH4.3H2/c1-14-10-16(12-19(25)26-14)23(34)27-17-4-6-18(7-5-17)35-24-29-20(28-21-11-15(2)31-32-21)13-22(30-24)33-8-3-9-33;;;;/h4-7,10-13H,3,8-9H2,1-2H3,(H,27,34)(H2,28,29,30,31,32);1H4;3*1H. The number of hydrogen-bond donors (Lipinski definition) is 3. The number of anilines is 4. The summed E-state index contributed by atoms with van der Waals surface area (Å²) in [5.74, 6) is 2.04. The van der Waals surface area contributed by atoms with Crippen molar-refractivity contribution in [2.45, 2.75) is 37.7 Å². The Morgan fingerprint density at radius 1 is 1.06 bits per heavy atom. The summed E-state index contributed by atoms with van der Waals surface area (Å²) in [5, 5.41) is 14.2. The highest BCUT2D eigenvalue weighted by molar-refractivity contribution is 7.99. The monoisotopic (exact) mass is 528 g/mol. The topological polar surface area (TPSA) is 112 Å². The van der Waals surface area contributed by atoms with Gasteiger partial charge in [-0.15, -0.1) is 0 Å². The van der Waals surface area contributed by atoms with Crippen LogP contribution in [0.15, 0.2) is 58.6 Å². The molecule has 1 aliphatic heterocycles. The molecule has 1 saturated heterocycles. The quantitative estimate of drug-likeness (QED) is 0.182. The first kappa shape index (κ1) is 25.5. The summed E-state index contributed by atoms with van der Waals surface area (Å²) >= 11 is 7.43. The minimum absolute atomic E-state index is 0. The second kappa shape index (κ2) is 11.0. The SMILES string of the molecule is C.Cc1cc(C(=O)Nc2ccc(Sc3nc(Nc4cc(C)[nH]n4)cc(N4CCC4)n3)cc2)cc(Cl)n1.[HH].[HH].[HH]. The summed E-state index contributed by atoms with van der Waals surface area (Å²) in [7, 11) is 0. The molecule has 36 heavy (non-hydrogen) atoms. The number of aryl methyl sites for hydroxylation is 2. The van der Waals surface area contributed by atoms with E-state index in [9.17, 15) is 4.79 Å². The number of benzene rings is 1. The molecule has 0 aliphatic carbocycles. The van der Waals surface area contributed by atoms with Gasteiger partial charge in [0.2, 0.25) is 0 Å². The van der Waals surface area contributed by atoms with E-state index in [0.717, 1.165) is 35.9 Å². The zero-order valence-corrected chi connectivity index (χ0v) is 20.7. The highest BCUT2D eigenvalue weighted by atomic mass is 35.5.